The predicted octanol–water partition coefficient (Wildman–Crippen LogP) is 17.5. The molecule has 0 unspecified atom stereocenters. The molecule has 0 N–H and O–H groups in total. The zero-order valence-corrected chi connectivity index (χ0v) is 52.9. The lowest BCUT2D eigenvalue weighted by molar-refractivity contribution is 0.660. The van der Waals surface area contributed by atoms with Crippen LogP contribution < -0.4 is 37.7 Å². The Hall–Kier alpha value is -8.65. The van der Waals surface area contributed by atoms with E-state index in [9.17, 15) is 0 Å². The van der Waals surface area contributed by atoms with E-state index in [1.165, 1.54) is 200 Å². The van der Waals surface area contributed by atoms with Gasteiger partial charge in [-0.1, -0.05) is 224 Å². The fourth-order valence-corrected chi connectivity index (χ4v) is 16.6. The summed E-state index contributed by atoms with van der Waals surface area (Å²) < 4.78 is 0. The third-order valence-corrected chi connectivity index (χ3v) is 22.3. The number of hydrogen-bond donors (Lipinski definition) is 0. The molecule has 15 rings (SSSR count). The molecule has 2 heterocycles. The van der Waals surface area contributed by atoms with Gasteiger partial charge < -0.3 is 4.90 Å². The quantitative estimate of drug-likeness (QED) is 0.150. The summed E-state index contributed by atoms with van der Waals surface area (Å²) in [4.78, 5) is 2.68. The second-order valence-electron chi connectivity index (χ2n) is 27.1. The minimum absolute atomic E-state index is 0.00115. The van der Waals surface area contributed by atoms with Gasteiger partial charge in [0.25, 0.3) is 0 Å². The molecule has 0 spiro atoms. The standard InChI is InChI=1S/C83H75B2N/c1-46-40-75-81-76(41-46)85(80-55(10)51(6)48(3)52(7)56(80)11)74-45-64(60-30-26-58(27-31-60)62-33-37-72-68(43-62)66-21-17-19-23-70(66)83(72,14)15)35-39-78(74)86(81)77-38-34-63(44-73(77)84(75)79-53(8)49(4)47(2)50(5)54(79)9)59-28-24-57(25-29-59)61-32-36-71-67(42-61)65-20-16-18-22-69(65)82(71,12)13/h16-45H,1-15H3. The molecule has 0 amide bonds. The zero-order valence-electron chi connectivity index (χ0n) is 52.9. The molecule has 0 saturated heterocycles. The molecule has 2 aliphatic heterocycles. The monoisotopic (exact) mass is 1110 g/mol. The molecule has 0 radical (unpaired) electrons. The van der Waals surface area contributed by atoms with Crippen LogP contribution >= 0.6 is 0 Å². The highest BCUT2D eigenvalue weighted by atomic mass is 15.2. The molecule has 11 aromatic carbocycles. The van der Waals surface area contributed by atoms with Crippen LogP contribution in [0, 0.1) is 76.2 Å². The molecule has 418 valence electrons. The van der Waals surface area contributed by atoms with Crippen LogP contribution in [0.25, 0.3) is 66.8 Å². The number of rotatable bonds is 6. The number of aryl methyl sites for hydroxylation is 1. The van der Waals surface area contributed by atoms with E-state index >= 15 is 0 Å². The number of anilines is 3. The van der Waals surface area contributed by atoms with Crippen LogP contribution in [0.15, 0.2) is 182 Å². The molecule has 0 saturated carbocycles. The Labute approximate surface area is 512 Å². The zero-order chi connectivity index (χ0) is 59.7. The third kappa shape index (κ3) is 7.65. The third-order valence-electron chi connectivity index (χ3n) is 22.3. The molecule has 0 fully saturated rings. The Morgan fingerprint density at radius 2 is 0.558 bits per heavy atom. The Balaban J connectivity index is 0.901. The van der Waals surface area contributed by atoms with E-state index in [2.05, 4.69) is 291 Å². The SMILES string of the molecule is Cc1cc2c3c(c1)B(c1c(C)c(C)c(C)c(C)c1C)c1cc(-c4ccc(-c5ccc6c(c5)-c5ccccc5C6(C)C)cc4)ccc1N3c1ccc(-c3ccc(-c4ccc5c(c4)-c4ccccc4C5(C)C)cc3)cc1B2c1c(C)c(C)c(C)c(C)c1C. The molecule has 4 aliphatic rings. The lowest BCUT2D eigenvalue weighted by Gasteiger charge is -2.45. The summed E-state index contributed by atoms with van der Waals surface area (Å²) in [5.74, 6) is 0. The van der Waals surface area contributed by atoms with Gasteiger partial charge in [-0.15, -0.1) is 0 Å². The second kappa shape index (κ2) is 19.2. The average Bonchev–Trinajstić information content (AvgIpc) is 0.977. The van der Waals surface area contributed by atoms with Crippen molar-refractivity contribution in [2.75, 3.05) is 4.90 Å². The first-order valence-corrected chi connectivity index (χ1v) is 31.3. The largest absolute Gasteiger partial charge is 0.313 e. The summed E-state index contributed by atoms with van der Waals surface area (Å²) in [6.07, 6.45) is 0. The maximum absolute atomic E-state index is 2.68. The van der Waals surface area contributed by atoms with Crippen molar-refractivity contribution < 1.29 is 0 Å². The molecule has 0 bridgehead atoms. The highest BCUT2D eigenvalue weighted by molar-refractivity contribution is 7.02. The van der Waals surface area contributed by atoms with Gasteiger partial charge in [0.05, 0.1) is 0 Å². The van der Waals surface area contributed by atoms with Gasteiger partial charge in [-0.3, -0.25) is 0 Å². The molecule has 3 heteroatoms. The molecule has 0 aromatic heterocycles. The fraction of sp³-hybridized carbons (Fsp3) is 0.205. The Morgan fingerprint density at radius 3 is 0.919 bits per heavy atom. The normalized spacial score (nSPS) is 14.3. The summed E-state index contributed by atoms with van der Waals surface area (Å²) >= 11 is 0. The first kappa shape index (κ1) is 54.0. The first-order valence-electron chi connectivity index (χ1n) is 31.3. The summed E-state index contributed by atoms with van der Waals surface area (Å²) in [6, 6.07) is 70.8. The van der Waals surface area contributed by atoms with Crippen molar-refractivity contribution in [3.05, 3.63) is 265 Å². The van der Waals surface area contributed by atoms with E-state index < -0.39 is 0 Å². The molecule has 1 nitrogen and oxygen atoms in total. The summed E-state index contributed by atoms with van der Waals surface area (Å²) in [6.45, 7) is 35.4. The van der Waals surface area contributed by atoms with Crippen LogP contribution in [0.4, 0.5) is 17.1 Å². The van der Waals surface area contributed by atoms with Crippen molar-refractivity contribution in [3.63, 3.8) is 0 Å². The highest BCUT2D eigenvalue weighted by Crippen LogP contribution is 2.51. The van der Waals surface area contributed by atoms with Gasteiger partial charge in [0.1, 0.15) is 0 Å². The van der Waals surface area contributed by atoms with E-state index in [1.807, 2.05) is 0 Å². The fourth-order valence-electron chi connectivity index (χ4n) is 16.6. The van der Waals surface area contributed by atoms with Crippen molar-refractivity contribution in [1.82, 2.24) is 0 Å². The molecule has 11 aromatic rings. The Bertz CT molecular complexity index is 4400. The first-order chi connectivity index (χ1) is 41.2. The second-order valence-corrected chi connectivity index (χ2v) is 27.1. The van der Waals surface area contributed by atoms with Crippen molar-refractivity contribution in [3.8, 4) is 66.8 Å². The summed E-state index contributed by atoms with van der Waals surface area (Å²) in [5, 5.41) is 0. The van der Waals surface area contributed by atoms with Crippen LogP contribution in [-0.2, 0) is 10.8 Å². The number of benzene rings is 11. The van der Waals surface area contributed by atoms with Crippen LogP contribution in [0.2, 0.25) is 0 Å². The van der Waals surface area contributed by atoms with E-state index in [-0.39, 0.29) is 24.3 Å². The van der Waals surface area contributed by atoms with Gasteiger partial charge in [0.2, 0.25) is 13.4 Å². The van der Waals surface area contributed by atoms with Gasteiger partial charge in [-0.05, 0) is 245 Å². The molecule has 2 aliphatic carbocycles. The van der Waals surface area contributed by atoms with Crippen LogP contribution in [-0.4, -0.2) is 13.4 Å². The molecular weight excluding hydrogens is 1030 g/mol. The van der Waals surface area contributed by atoms with Crippen molar-refractivity contribution in [1.29, 1.82) is 0 Å². The molecule has 0 atom stereocenters. The Kier molecular flexibility index (Phi) is 12.0. The number of hydrogen-bond acceptors (Lipinski definition) is 1. The average molecular weight is 1110 g/mol. The van der Waals surface area contributed by atoms with Gasteiger partial charge in [0.15, 0.2) is 0 Å². The van der Waals surface area contributed by atoms with E-state index in [0.29, 0.717) is 0 Å². The smallest absolute Gasteiger partial charge is 0.247 e. The summed E-state index contributed by atoms with van der Waals surface area (Å²) in [5.41, 5.74) is 48.3. The molecular formula is C83H75B2N. The minimum Gasteiger partial charge on any atom is -0.313 e. The van der Waals surface area contributed by atoms with Crippen LogP contribution in [0.1, 0.15) is 111 Å². The highest BCUT2D eigenvalue weighted by Gasteiger charge is 2.46. The van der Waals surface area contributed by atoms with Crippen molar-refractivity contribution in [2.24, 2.45) is 0 Å². The van der Waals surface area contributed by atoms with Crippen molar-refractivity contribution in [2.45, 2.75) is 115 Å². The lowest BCUT2D eigenvalue weighted by Crippen LogP contribution is -2.66. The van der Waals surface area contributed by atoms with E-state index in [0.717, 1.165) is 0 Å². The van der Waals surface area contributed by atoms with Gasteiger partial charge in [-0.2, -0.15) is 0 Å². The maximum Gasteiger partial charge on any atom is 0.247 e. The Morgan fingerprint density at radius 1 is 0.267 bits per heavy atom. The minimum atomic E-state index is -0.0191. The van der Waals surface area contributed by atoms with Gasteiger partial charge >= 0.3 is 0 Å². The number of fused-ring (bicyclic) bond motifs is 10. The predicted molar refractivity (Wildman–Crippen MR) is 372 cm³/mol. The molecule has 86 heavy (non-hydrogen) atoms. The van der Waals surface area contributed by atoms with E-state index in [1.54, 1.807) is 0 Å². The van der Waals surface area contributed by atoms with Crippen LogP contribution in [0.3, 0.4) is 0 Å². The van der Waals surface area contributed by atoms with Gasteiger partial charge in [0, 0.05) is 27.9 Å². The van der Waals surface area contributed by atoms with E-state index in [4.69, 9.17) is 0 Å². The topological polar surface area (TPSA) is 3.24 Å². The number of nitrogens with zero attached hydrogens (tertiary/aromatic N) is 1. The van der Waals surface area contributed by atoms with Crippen LogP contribution in [0.5, 0.6) is 0 Å². The van der Waals surface area contributed by atoms with Crippen molar-refractivity contribution >= 4 is 63.3 Å². The van der Waals surface area contributed by atoms with Gasteiger partial charge in [-0.25, -0.2) is 0 Å². The maximum atomic E-state index is 2.68. The lowest BCUT2D eigenvalue weighted by atomic mass is 9.29. The summed E-state index contributed by atoms with van der Waals surface area (Å²) in [7, 11) is 0.